The number of piperidine rings is 1. The number of amides is 3. The van der Waals surface area contributed by atoms with Gasteiger partial charge in [0.2, 0.25) is 5.91 Å². The normalized spacial score (nSPS) is 25.1. The molecule has 0 radical (unpaired) electrons. The molecule has 20 heavy (non-hydrogen) atoms. The van der Waals surface area contributed by atoms with Gasteiger partial charge in [0.1, 0.15) is 12.6 Å². The number of carbonyl (C=O) groups excluding carboxylic acids is 2. The Bertz CT molecular complexity index is 406. The molecule has 8 heteroatoms. The van der Waals surface area contributed by atoms with E-state index in [2.05, 4.69) is 15.5 Å². The molecule has 2 heterocycles. The van der Waals surface area contributed by atoms with Gasteiger partial charge >= 0.3 is 12.0 Å². The molecule has 3 N–H and O–H groups in total. The first kappa shape index (κ1) is 14.6. The van der Waals surface area contributed by atoms with E-state index in [9.17, 15) is 14.4 Å². The summed E-state index contributed by atoms with van der Waals surface area (Å²) in [5.41, 5.74) is 0. The van der Waals surface area contributed by atoms with Crippen LogP contribution in [0.25, 0.3) is 0 Å². The minimum Gasteiger partial charge on any atom is -0.480 e. The van der Waals surface area contributed by atoms with Crippen molar-refractivity contribution in [2.45, 2.75) is 24.9 Å². The van der Waals surface area contributed by atoms with Gasteiger partial charge in [0, 0.05) is 12.6 Å². The molecule has 1 atom stereocenters. The summed E-state index contributed by atoms with van der Waals surface area (Å²) in [6.45, 7) is 1.53. The van der Waals surface area contributed by atoms with Crippen LogP contribution in [0.15, 0.2) is 0 Å². The van der Waals surface area contributed by atoms with E-state index in [1.807, 2.05) is 7.05 Å². The molecule has 0 aromatic heterocycles. The Labute approximate surface area is 117 Å². The van der Waals surface area contributed by atoms with Crippen LogP contribution in [-0.4, -0.2) is 78.1 Å². The van der Waals surface area contributed by atoms with Gasteiger partial charge in [0.05, 0.1) is 0 Å². The first-order chi connectivity index (χ1) is 9.47. The molecule has 2 saturated heterocycles. The Kier molecular flexibility index (Phi) is 4.43. The molecule has 0 bridgehead atoms. The Morgan fingerprint density at radius 2 is 2.00 bits per heavy atom. The molecule has 0 aromatic rings. The molecule has 3 amide bonds. The summed E-state index contributed by atoms with van der Waals surface area (Å²) in [5.74, 6) is -1.44. The zero-order valence-electron chi connectivity index (χ0n) is 11.5. The van der Waals surface area contributed by atoms with E-state index >= 15 is 0 Å². The minimum absolute atomic E-state index is 0.0399. The van der Waals surface area contributed by atoms with Crippen LogP contribution in [0.2, 0.25) is 0 Å². The highest BCUT2D eigenvalue weighted by molar-refractivity contribution is 5.90. The lowest BCUT2D eigenvalue weighted by Gasteiger charge is -2.35. The van der Waals surface area contributed by atoms with Gasteiger partial charge < -0.3 is 20.6 Å². The lowest BCUT2D eigenvalue weighted by atomic mass is 10.1. The van der Waals surface area contributed by atoms with Crippen LogP contribution in [0.1, 0.15) is 12.8 Å². The van der Waals surface area contributed by atoms with E-state index < -0.39 is 18.0 Å². The summed E-state index contributed by atoms with van der Waals surface area (Å²) >= 11 is 0. The third kappa shape index (κ3) is 3.38. The molecule has 0 aliphatic carbocycles. The number of carboxylic acids is 1. The minimum atomic E-state index is -1.11. The zero-order chi connectivity index (χ0) is 14.7. The molecule has 2 rings (SSSR count). The van der Waals surface area contributed by atoms with Gasteiger partial charge in [-0.15, -0.1) is 0 Å². The van der Waals surface area contributed by atoms with Crippen molar-refractivity contribution in [3.8, 4) is 0 Å². The molecule has 0 saturated carbocycles. The van der Waals surface area contributed by atoms with E-state index in [0.717, 1.165) is 30.8 Å². The molecule has 8 nitrogen and oxygen atoms in total. The van der Waals surface area contributed by atoms with Crippen molar-refractivity contribution in [2.24, 2.45) is 0 Å². The van der Waals surface area contributed by atoms with Gasteiger partial charge in [-0.2, -0.15) is 0 Å². The average molecular weight is 284 g/mol. The van der Waals surface area contributed by atoms with Crippen molar-refractivity contribution in [3.05, 3.63) is 0 Å². The van der Waals surface area contributed by atoms with E-state index in [0.29, 0.717) is 0 Å². The number of hydrogen-bond donors (Lipinski definition) is 3. The molecule has 1 unspecified atom stereocenters. The third-order valence-electron chi connectivity index (χ3n) is 3.77. The zero-order valence-corrected chi connectivity index (χ0v) is 11.5. The van der Waals surface area contributed by atoms with Gasteiger partial charge in [0.25, 0.3) is 0 Å². The molecule has 2 fully saturated rings. The van der Waals surface area contributed by atoms with E-state index in [4.69, 9.17) is 5.11 Å². The molecular formula is C12H20N4O4. The maximum atomic E-state index is 12.2. The summed E-state index contributed by atoms with van der Waals surface area (Å²) < 4.78 is 0. The lowest BCUT2D eigenvalue weighted by molar-refractivity contribution is -0.144. The van der Waals surface area contributed by atoms with Crippen molar-refractivity contribution in [2.75, 3.05) is 33.2 Å². The fourth-order valence-corrected chi connectivity index (χ4v) is 2.49. The molecular weight excluding hydrogens is 264 g/mol. The fourth-order valence-electron chi connectivity index (χ4n) is 2.49. The summed E-state index contributed by atoms with van der Waals surface area (Å²) in [6, 6.07) is -1.43. The van der Waals surface area contributed by atoms with Crippen LogP contribution < -0.4 is 10.6 Å². The van der Waals surface area contributed by atoms with Crippen molar-refractivity contribution >= 4 is 17.9 Å². The Balaban J connectivity index is 1.95. The summed E-state index contributed by atoms with van der Waals surface area (Å²) in [5, 5.41) is 14.4. The highest BCUT2D eigenvalue weighted by Gasteiger charge is 2.36. The fraction of sp³-hybridized carbons (Fsp3) is 0.750. The Hall–Kier alpha value is -1.83. The van der Waals surface area contributed by atoms with Gasteiger partial charge in [-0.05, 0) is 33.0 Å². The monoisotopic (exact) mass is 284 g/mol. The number of piperazine rings is 1. The van der Waals surface area contributed by atoms with E-state index in [1.165, 1.54) is 0 Å². The number of likely N-dealkylation sites (tertiary alicyclic amines) is 1. The first-order valence-electron chi connectivity index (χ1n) is 6.72. The smallest absolute Gasteiger partial charge is 0.328 e. The lowest BCUT2D eigenvalue weighted by Crippen LogP contribution is -2.62. The largest absolute Gasteiger partial charge is 0.480 e. The van der Waals surface area contributed by atoms with Crippen molar-refractivity contribution in [1.29, 1.82) is 0 Å². The second-order valence-electron chi connectivity index (χ2n) is 5.31. The maximum Gasteiger partial charge on any atom is 0.328 e. The molecule has 2 aliphatic rings. The van der Waals surface area contributed by atoms with Crippen LogP contribution in [0.3, 0.4) is 0 Å². The van der Waals surface area contributed by atoms with Crippen LogP contribution >= 0.6 is 0 Å². The van der Waals surface area contributed by atoms with Crippen molar-refractivity contribution < 1.29 is 19.5 Å². The number of urea groups is 1. The number of aliphatic carboxylic acids is 1. The second kappa shape index (κ2) is 6.08. The molecule has 112 valence electrons. The highest BCUT2D eigenvalue weighted by Crippen LogP contribution is 2.11. The number of hydrogen-bond acceptors (Lipinski definition) is 4. The number of carboxylic acid groups (broad SMARTS) is 1. The number of nitrogens with zero attached hydrogens (tertiary/aromatic N) is 2. The summed E-state index contributed by atoms with van der Waals surface area (Å²) in [4.78, 5) is 37.9. The van der Waals surface area contributed by atoms with Gasteiger partial charge in [-0.1, -0.05) is 0 Å². The molecule has 0 spiro atoms. The molecule has 2 aliphatic heterocycles. The average Bonchev–Trinajstić information content (AvgIpc) is 2.41. The topological polar surface area (TPSA) is 102 Å². The van der Waals surface area contributed by atoms with Gasteiger partial charge in [0.15, 0.2) is 0 Å². The SMILES string of the molecule is CN1CCC(NC(=O)N2CC(=O)NCC2C(=O)O)CC1. The van der Waals surface area contributed by atoms with Crippen LogP contribution in [-0.2, 0) is 9.59 Å². The first-order valence-corrected chi connectivity index (χ1v) is 6.72. The Morgan fingerprint density at radius 1 is 1.35 bits per heavy atom. The summed E-state index contributed by atoms with van der Waals surface area (Å²) in [7, 11) is 2.02. The summed E-state index contributed by atoms with van der Waals surface area (Å²) in [6.07, 6.45) is 1.67. The van der Waals surface area contributed by atoms with E-state index in [1.54, 1.807) is 0 Å². The number of nitrogens with one attached hydrogen (secondary N) is 2. The van der Waals surface area contributed by atoms with Crippen molar-refractivity contribution in [1.82, 2.24) is 20.4 Å². The standard InChI is InChI=1S/C12H20N4O4/c1-15-4-2-8(3-5-15)14-12(20)16-7-10(17)13-6-9(16)11(18)19/h8-9H,2-7H2,1H3,(H,13,17)(H,14,20)(H,18,19). The third-order valence-corrected chi connectivity index (χ3v) is 3.77. The maximum absolute atomic E-state index is 12.2. The quantitative estimate of drug-likeness (QED) is 0.583. The van der Waals surface area contributed by atoms with E-state index in [-0.39, 0.29) is 25.0 Å². The van der Waals surface area contributed by atoms with Crippen molar-refractivity contribution in [3.63, 3.8) is 0 Å². The predicted octanol–water partition coefficient (Wildman–Crippen LogP) is -1.32. The van der Waals surface area contributed by atoms with Gasteiger partial charge in [-0.3, -0.25) is 9.69 Å². The number of carbonyl (C=O) groups is 3. The second-order valence-corrected chi connectivity index (χ2v) is 5.31. The molecule has 0 aromatic carbocycles. The Morgan fingerprint density at radius 3 is 2.60 bits per heavy atom. The van der Waals surface area contributed by atoms with Crippen LogP contribution in [0.4, 0.5) is 4.79 Å². The highest BCUT2D eigenvalue weighted by atomic mass is 16.4. The van der Waals surface area contributed by atoms with Gasteiger partial charge in [-0.25, -0.2) is 9.59 Å². The van der Waals surface area contributed by atoms with Crippen LogP contribution in [0.5, 0.6) is 0 Å². The predicted molar refractivity (Wildman–Crippen MR) is 70.2 cm³/mol. The van der Waals surface area contributed by atoms with Crippen LogP contribution in [0, 0.1) is 0 Å². The number of rotatable bonds is 2.